The van der Waals surface area contributed by atoms with E-state index in [1.165, 1.54) is 4.90 Å². The quantitative estimate of drug-likeness (QED) is 0.503. The lowest BCUT2D eigenvalue weighted by Crippen LogP contribution is -2.32. The molecule has 0 saturated heterocycles. The summed E-state index contributed by atoms with van der Waals surface area (Å²) >= 11 is 0. The van der Waals surface area contributed by atoms with Crippen molar-refractivity contribution in [1.29, 1.82) is 0 Å². The maximum Gasteiger partial charge on any atom is 0.312 e. The number of unbranched alkanes of at least 4 members (excludes halogenated alkanes) is 1. The van der Waals surface area contributed by atoms with Gasteiger partial charge in [0.15, 0.2) is 0 Å². The summed E-state index contributed by atoms with van der Waals surface area (Å²) in [5.41, 5.74) is 5.59. The number of primary amides is 1. The Morgan fingerprint density at radius 2 is 1.89 bits per heavy atom. The number of nitrogens with zero attached hydrogens (tertiary/aromatic N) is 1. The molecule has 0 bridgehead atoms. The van der Waals surface area contributed by atoms with Crippen molar-refractivity contribution in [3.63, 3.8) is 0 Å². The van der Waals surface area contributed by atoms with E-state index in [0.29, 0.717) is 31.5 Å². The Bertz CT molecular complexity index is 409. The third-order valence-electron chi connectivity index (χ3n) is 2.63. The Morgan fingerprint density at radius 1 is 1.21 bits per heavy atom. The van der Waals surface area contributed by atoms with Crippen LogP contribution < -0.4 is 16.0 Å². The molecule has 0 unspecified atom stereocenters. The number of hydrogen-bond acceptors (Lipinski definition) is 3. The Labute approximate surface area is 112 Å². The van der Waals surface area contributed by atoms with E-state index in [0.717, 1.165) is 0 Å². The second kappa shape index (κ2) is 8.10. The molecule has 1 rings (SSSR count). The summed E-state index contributed by atoms with van der Waals surface area (Å²) in [5, 5.41) is 11.7. The number of nitrogens with one attached hydrogen (secondary N) is 1. The normalized spacial score (nSPS) is 9.95. The van der Waals surface area contributed by atoms with Crippen molar-refractivity contribution in [2.45, 2.75) is 19.3 Å². The third kappa shape index (κ3) is 5.39. The molecule has 0 fully saturated rings. The van der Waals surface area contributed by atoms with Gasteiger partial charge in [-0.05, 0) is 25.0 Å². The summed E-state index contributed by atoms with van der Waals surface area (Å²) < 4.78 is 0. The van der Waals surface area contributed by atoms with Crippen molar-refractivity contribution < 1.29 is 14.7 Å². The zero-order valence-electron chi connectivity index (χ0n) is 10.7. The lowest BCUT2D eigenvalue weighted by Gasteiger charge is -2.19. The highest BCUT2D eigenvalue weighted by Crippen LogP contribution is 2.14. The van der Waals surface area contributed by atoms with E-state index in [1.807, 2.05) is 18.2 Å². The van der Waals surface area contributed by atoms with Crippen LogP contribution in [-0.2, 0) is 4.79 Å². The third-order valence-corrected chi connectivity index (χ3v) is 2.63. The number of carbonyl (C=O) groups is 2. The topological polar surface area (TPSA) is 95.7 Å². The molecule has 0 radical (unpaired) electrons. The van der Waals surface area contributed by atoms with E-state index < -0.39 is 6.03 Å². The van der Waals surface area contributed by atoms with Gasteiger partial charge in [-0.2, -0.15) is 0 Å². The van der Waals surface area contributed by atoms with Crippen molar-refractivity contribution >= 4 is 17.6 Å². The Morgan fingerprint density at radius 3 is 2.47 bits per heavy atom. The Kier molecular flexibility index (Phi) is 6.38. The average molecular weight is 265 g/mol. The highest BCUT2D eigenvalue weighted by atomic mass is 16.3. The van der Waals surface area contributed by atoms with E-state index in [1.54, 1.807) is 12.1 Å². The molecule has 19 heavy (non-hydrogen) atoms. The molecule has 0 aliphatic rings. The lowest BCUT2D eigenvalue weighted by atomic mass is 10.2. The Balaban J connectivity index is 2.37. The smallest absolute Gasteiger partial charge is 0.312 e. The maximum absolute atomic E-state index is 11.9. The van der Waals surface area contributed by atoms with Crippen LogP contribution in [-0.4, -0.2) is 30.3 Å². The molecule has 0 heterocycles. The number of para-hydroxylation sites is 1. The van der Waals surface area contributed by atoms with Gasteiger partial charge in [-0.15, -0.1) is 0 Å². The number of nitrogens with two attached hydrogens (primary N) is 1. The number of aliphatic hydroxyl groups excluding tert-OH is 1. The number of carbonyl (C=O) groups excluding carboxylic acids is 2. The summed E-state index contributed by atoms with van der Waals surface area (Å²) in [7, 11) is 0. The summed E-state index contributed by atoms with van der Waals surface area (Å²) in [5.74, 6) is -0.146. The molecule has 3 amide bonds. The van der Waals surface area contributed by atoms with Gasteiger partial charge < -0.3 is 16.2 Å². The van der Waals surface area contributed by atoms with Gasteiger partial charge in [-0.25, -0.2) is 4.79 Å². The van der Waals surface area contributed by atoms with Crippen LogP contribution in [0.1, 0.15) is 19.3 Å². The summed E-state index contributed by atoms with van der Waals surface area (Å²) in [4.78, 5) is 23.7. The van der Waals surface area contributed by atoms with Crippen LogP contribution in [0.5, 0.6) is 0 Å². The first-order valence-corrected chi connectivity index (χ1v) is 6.14. The average Bonchev–Trinajstić information content (AvgIpc) is 2.40. The van der Waals surface area contributed by atoms with Crippen molar-refractivity contribution in [1.82, 2.24) is 5.32 Å². The van der Waals surface area contributed by atoms with Gasteiger partial charge in [0.05, 0.1) is 0 Å². The molecule has 0 atom stereocenters. The van der Waals surface area contributed by atoms with E-state index in [9.17, 15) is 14.7 Å². The first kappa shape index (κ1) is 15.0. The SMILES string of the molecule is NC(=O)NCCCCC(=O)N(CO)c1ccccc1. The van der Waals surface area contributed by atoms with Crippen LogP contribution in [0.2, 0.25) is 0 Å². The molecule has 0 saturated carbocycles. The van der Waals surface area contributed by atoms with Gasteiger partial charge in [0.25, 0.3) is 0 Å². The van der Waals surface area contributed by atoms with Crippen molar-refractivity contribution in [2.24, 2.45) is 5.73 Å². The summed E-state index contributed by atoms with van der Waals surface area (Å²) in [6.07, 6.45) is 1.61. The molecule has 4 N–H and O–H groups in total. The molecule has 0 spiro atoms. The molecule has 6 heteroatoms. The minimum Gasteiger partial charge on any atom is -0.376 e. The fraction of sp³-hybridized carbons (Fsp3) is 0.385. The van der Waals surface area contributed by atoms with Crippen LogP contribution in [0.4, 0.5) is 10.5 Å². The predicted octanol–water partition coefficient (Wildman–Crippen LogP) is 0.808. The minimum atomic E-state index is -0.562. The van der Waals surface area contributed by atoms with Crippen LogP contribution in [0, 0.1) is 0 Å². The zero-order chi connectivity index (χ0) is 14.1. The van der Waals surface area contributed by atoms with Gasteiger partial charge >= 0.3 is 6.03 Å². The molecule has 6 nitrogen and oxygen atoms in total. The molecule has 1 aromatic rings. The first-order chi connectivity index (χ1) is 9.15. The van der Waals surface area contributed by atoms with Crippen LogP contribution >= 0.6 is 0 Å². The van der Waals surface area contributed by atoms with Gasteiger partial charge in [0.2, 0.25) is 5.91 Å². The monoisotopic (exact) mass is 265 g/mol. The Hall–Kier alpha value is -2.08. The molecule has 104 valence electrons. The standard InChI is InChI=1S/C13H19N3O3/c14-13(19)15-9-5-4-8-12(18)16(10-17)11-6-2-1-3-7-11/h1-3,6-7,17H,4-5,8-10H2,(H3,14,15,19). The number of amides is 3. The number of hydrogen-bond donors (Lipinski definition) is 3. The van der Waals surface area contributed by atoms with Crippen molar-refractivity contribution in [3.8, 4) is 0 Å². The van der Waals surface area contributed by atoms with Gasteiger partial charge in [0, 0.05) is 18.7 Å². The fourth-order valence-corrected chi connectivity index (χ4v) is 1.66. The molecule has 0 aromatic heterocycles. The predicted molar refractivity (Wildman–Crippen MR) is 72.5 cm³/mol. The summed E-state index contributed by atoms with van der Waals surface area (Å²) in [6.45, 7) is 0.107. The van der Waals surface area contributed by atoms with Crippen LogP contribution in [0.25, 0.3) is 0 Å². The summed E-state index contributed by atoms with van der Waals surface area (Å²) in [6, 6.07) is 8.43. The highest BCUT2D eigenvalue weighted by Gasteiger charge is 2.13. The lowest BCUT2D eigenvalue weighted by molar-refractivity contribution is -0.119. The number of rotatable bonds is 7. The number of benzene rings is 1. The molecule has 0 aliphatic carbocycles. The molecular weight excluding hydrogens is 246 g/mol. The molecule has 0 aliphatic heterocycles. The van der Waals surface area contributed by atoms with E-state index in [4.69, 9.17) is 5.73 Å². The second-order valence-electron chi connectivity index (χ2n) is 4.05. The van der Waals surface area contributed by atoms with Gasteiger partial charge in [0.1, 0.15) is 6.73 Å². The van der Waals surface area contributed by atoms with Crippen molar-refractivity contribution in [2.75, 3.05) is 18.2 Å². The highest BCUT2D eigenvalue weighted by molar-refractivity contribution is 5.92. The van der Waals surface area contributed by atoms with Crippen molar-refractivity contribution in [3.05, 3.63) is 30.3 Å². The number of anilines is 1. The minimum absolute atomic E-state index is 0.146. The van der Waals surface area contributed by atoms with Gasteiger partial charge in [-0.1, -0.05) is 18.2 Å². The van der Waals surface area contributed by atoms with Crippen LogP contribution in [0.3, 0.4) is 0 Å². The number of urea groups is 1. The zero-order valence-corrected chi connectivity index (χ0v) is 10.7. The van der Waals surface area contributed by atoms with E-state index in [-0.39, 0.29) is 12.6 Å². The van der Waals surface area contributed by atoms with E-state index >= 15 is 0 Å². The molecule has 1 aromatic carbocycles. The number of aliphatic hydroxyl groups is 1. The second-order valence-corrected chi connectivity index (χ2v) is 4.05. The van der Waals surface area contributed by atoms with E-state index in [2.05, 4.69) is 5.32 Å². The largest absolute Gasteiger partial charge is 0.376 e. The van der Waals surface area contributed by atoms with Crippen LogP contribution in [0.15, 0.2) is 30.3 Å². The molecular formula is C13H19N3O3. The first-order valence-electron chi connectivity index (χ1n) is 6.14. The van der Waals surface area contributed by atoms with Gasteiger partial charge in [-0.3, -0.25) is 9.69 Å². The fourth-order valence-electron chi connectivity index (χ4n) is 1.66. The maximum atomic E-state index is 11.9.